The maximum absolute atomic E-state index is 12.6. The lowest BCUT2D eigenvalue weighted by Gasteiger charge is -2.15. The molecule has 2 aromatic heterocycles. The van der Waals surface area contributed by atoms with Gasteiger partial charge >= 0.3 is 5.97 Å². The van der Waals surface area contributed by atoms with Crippen molar-refractivity contribution in [2.45, 2.75) is 19.5 Å². The molecule has 32 heavy (non-hydrogen) atoms. The largest absolute Gasteiger partial charge is 0.454 e. The van der Waals surface area contributed by atoms with Crippen molar-refractivity contribution in [2.24, 2.45) is 0 Å². The zero-order valence-electron chi connectivity index (χ0n) is 16.8. The highest BCUT2D eigenvalue weighted by atomic mass is 35.5. The monoisotopic (exact) mass is 473 g/mol. The summed E-state index contributed by atoms with van der Waals surface area (Å²) in [5, 5.41) is 4.19. The SMILES string of the molecule is CC(NC(=O)COC(=O)Cn1cnc2c(oc3ccccc32)c1=O)c1ccc(Cl)c(Cl)c1. The van der Waals surface area contributed by atoms with Gasteiger partial charge in [-0.15, -0.1) is 0 Å². The summed E-state index contributed by atoms with van der Waals surface area (Å²) in [4.78, 5) is 41.2. The van der Waals surface area contributed by atoms with E-state index < -0.39 is 30.6 Å². The summed E-state index contributed by atoms with van der Waals surface area (Å²) >= 11 is 11.9. The highest BCUT2D eigenvalue weighted by Gasteiger charge is 2.17. The van der Waals surface area contributed by atoms with Gasteiger partial charge in [-0.3, -0.25) is 19.0 Å². The predicted molar refractivity (Wildman–Crippen MR) is 120 cm³/mol. The van der Waals surface area contributed by atoms with Gasteiger partial charge in [-0.05, 0) is 36.8 Å². The van der Waals surface area contributed by atoms with Crippen LogP contribution < -0.4 is 10.9 Å². The molecule has 0 spiro atoms. The first-order valence-corrected chi connectivity index (χ1v) is 10.4. The number of hydrogen-bond donors (Lipinski definition) is 1. The van der Waals surface area contributed by atoms with Crippen LogP contribution >= 0.6 is 23.2 Å². The fourth-order valence-electron chi connectivity index (χ4n) is 3.21. The number of amides is 1. The van der Waals surface area contributed by atoms with Crippen molar-refractivity contribution in [3.63, 3.8) is 0 Å². The number of rotatable bonds is 6. The van der Waals surface area contributed by atoms with E-state index in [1.165, 1.54) is 6.33 Å². The Balaban J connectivity index is 1.37. The summed E-state index contributed by atoms with van der Waals surface area (Å²) in [6.45, 7) is 0.848. The molecule has 0 saturated heterocycles. The van der Waals surface area contributed by atoms with E-state index in [1.807, 2.05) is 6.07 Å². The Morgan fingerprint density at radius 3 is 2.75 bits per heavy atom. The molecule has 8 nitrogen and oxygen atoms in total. The number of furan rings is 1. The number of carbonyl (C=O) groups is 2. The maximum atomic E-state index is 12.6. The van der Waals surface area contributed by atoms with Crippen LogP contribution in [0.4, 0.5) is 0 Å². The Bertz CT molecular complexity index is 1400. The molecule has 1 N–H and O–H groups in total. The normalized spacial score (nSPS) is 12.1. The minimum absolute atomic E-state index is 0.0506. The van der Waals surface area contributed by atoms with Crippen LogP contribution in [-0.4, -0.2) is 28.0 Å². The smallest absolute Gasteiger partial charge is 0.326 e. The first kappa shape index (κ1) is 21.9. The molecule has 4 rings (SSSR count). The Morgan fingerprint density at radius 1 is 1.19 bits per heavy atom. The number of carbonyl (C=O) groups excluding carboxylic acids is 2. The number of para-hydroxylation sites is 1. The fraction of sp³-hybridized carbons (Fsp3) is 0.182. The topological polar surface area (TPSA) is 103 Å². The number of esters is 1. The van der Waals surface area contributed by atoms with Crippen LogP contribution in [0.5, 0.6) is 0 Å². The highest BCUT2D eigenvalue weighted by molar-refractivity contribution is 6.42. The molecule has 1 atom stereocenters. The first-order valence-electron chi connectivity index (χ1n) is 9.60. The third kappa shape index (κ3) is 4.46. The summed E-state index contributed by atoms with van der Waals surface area (Å²) < 4.78 is 11.6. The average Bonchev–Trinajstić information content (AvgIpc) is 3.15. The van der Waals surface area contributed by atoms with Crippen LogP contribution in [0.3, 0.4) is 0 Å². The van der Waals surface area contributed by atoms with E-state index in [-0.39, 0.29) is 11.6 Å². The molecule has 0 aliphatic rings. The van der Waals surface area contributed by atoms with Gasteiger partial charge in [0.25, 0.3) is 11.5 Å². The van der Waals surface area contributed by atoms with Gasteiger partial charge in [0.1, 0.15) is 17.6 Å². The number of nitrogens with one attached hydrogen (secondary N) is 1. The Morgan fingerprint density at radius 2 is 1.97 bits per heavy atom. The number of nitrogens with zero attached hydrogens (tertiary/aromatic N) is 2. The third-order valence-electron chi connectivity index (χ3n) is 4.84. The van der Waals surface area contributed by atoms with Crippen molar-refractivity contribution in [2.75, 3.05) is 6.61 Å². The molecular formula is C22H17Cl2N3O5. The molecule has 0 bridgehead atoms. The second-order valence-corrected chi connectivity index (χ2v) is 7.89. The van der Waals surface area contributed by atoms with Crippen LogP contribution in [0.2, 0.25) is 10.0 Å². The van der Waals surface area contributed by atoms with Gasteiger partial charge in [0.05, 0.1) is 22.4 Å². The number of benzene rings is 2. The van der Waals surface area contributed by atoms with Crippen molar-refractivity contribution < 1.29 is 18.7 Å². The van der Waals surface area contributed by atoms with Gasteiger partial charge in [-0.2, -0.15) is 0 Å². The minimum Gasteiger partial charge on any atom is -0.454 e. The van der Waals surface area contributed by atoms with Crippen molar-refractivity contribution in [1.29, 1.82) is 0 Å². The summed E-state index contributed by atoms with van der Waals surface area (Å²) in [5.41, 5.74) is 1.23. The van der Waals surface area contributed by atoms with Crippen LogP contribution in [-0.2, 0) is 20.9 Å². The van der Waals surface area contributed by atoms with Gasteiger partial charge in [0.15, 0.2) is 6.61 Å². The zero-order valence-corrected chi connectivity index (χ0v) is 18.3. The number of fused-ring (bicyclic) bond motifs is 3. The lowest BCUT2D eigenvalue weighted by molar-refractivity contribution is -0.149. The highest BCUT2D eigenvalue weighted by Crippen LogP contribution is 2.26. The van der Waals surface area contributed by atoms with Crippen molar-refractivity contribution in [3.8, 4) is 0 Å². The summed E-state index contributed by atoms with van der Waals surface area (Å²) in [6.07, 6.45) is 1.25. The maximum Gasteiger partial charge on any atom is 0.326 e. The minimum atomic E-state index is -0.762. The number of halogens is 2. The predicted octanol–water partition coefficient (Wildman–Crippen LogP) is 3.87. The van der Waals surface area contributed by atoms with Crippen LogP contribution in [0.25, 0.3) is 22.1 Å². The van der Waals surface area contributed by atoms with E-state index in [9.17, 15) is 14.4 Å². The lowest BCUT2D eigenvalue weighted by Crippen LogP contribution is -2.32. The van der Waals surface area contributed by atoms with E-state index in [0.717, 1.165) is 10.1 Å². The number of hydrogen-bond acceptors (Lipinski definition) is 6. The van der Waals surface area contributed by atoms with Crippen molar-refractivity contribution >= 4 is 57.1 Å². The Labute approximate surface area is 191 Å². The Kier molecular flexibility index (Phi) is 6.16. The van der Waals surface area contributed by atoms with Crippen LogP contribution in [0.1, 0.15) is 18.5 Å². The van der Waals surface area contributed by atoms with Crippen LogP contribution in [0, 0.1) is 0 Å². The molecule has 2 aromatic carbocycles. The molecule has 4 aromatic rings. The molecule has 0 fully saturated rings. The Hall–Kier alpha value is -3.36. The zero-order chi connectivity index (χ0) is 22.8. The van der Waals surface area contributed by atoms with E-state index in [2.05, 4.69) is 10.3 Å². The summed E-state index contributed by atoms with van der Waals surface area (Å²) in [5.74, 6) is -1.27. The average molecular weight is 474 g/mol. The van der Waals surface area contributed by atoms with E-state index in [4.69, 9.17) is 32.4 Å². The second-order valence-electron chi connectivity index (χ2n) is 7.08. The van der Waals surface area contributed by atoms with Gasteiger partial charge in [0.2, 0.25) is 5.58 Å². The molecule has 1 amide bonds. The summed E-state index contributed by atoms with van der Waals surface area (Å²) in [7, 11) is 0. The summed E-state index contributed by atoms with van der Waals surface area (Å²) in [6, 6.07) is 11.8. The lowest BCUT2D eigenvalue weighted by atomic mass is 10.1. The van der Waals surface area contributed by atoms with E-state index in [1.54, 1.807) is 43.3 Å². The van der Waals surface area contributed by atoms with Crippen molar-refractivity contribution in [3.05, 3.63) is 74.8 Å². The number of aromatic nitrogens is 2. The fourth-order valence-corrected chi connectivity index (χ4v) is 3.51. The first-order chi connectivity index (χ1) is 15.3. The second kappa shape index (κ2) is 9.02. The van der Waals surface area contributed by atoms with Gasteiger partial charge in [-0.1, -0.05) is 41.4 Å². The molecule has 0 aliphatic carbocycles. The molecule has 10 heteroatoms. The van der Waals surface area contributed by atoms with Gasteiger partial charge in [-0.25, -0.2) is 4.98 Å². The van der Waals surface area contributed by atoms with Crippen molar-refractivity contribution in [1.82, 2.24) is 14.9 Å². The van der Waals surface area contributed by atoms with E-state index >= 15 is 0 Å². The van der Waals surface area contributed by atoms with Gasteiger partial charge in [0, 0.05) is 5.39 Å². The molecular weight excluding hydrogens is 457 g/mol. The molecule has 2 heterocycles. The molecule has 1 unspecified atom stereocenters. The molecule has 0 aliphatic heterocycles. The van der Waals surface area contributed by atoms with Gasteiger partial charge < -0.3 is 14.5 Å². The van der Waals surface area contributed by atoms with Crippen LogP contribution in [0.15, 0.2) is 58.0 Å². The molecule has 0 radical (unpaired) electrons. The quantitative estimate of drug-likeness (QED) is 0.426. The molecule has 164 valence electrons. The number of ether oxygens (including phenoxy) is 1. The third-order valence-corrected chi connectivity index (χ3v) is 5.57. The molecule has 0 saturated carbocycles. The van der Waals surface area contributed by atoms with E-state index in [0.29, 0.717) is 26.5 Å². The standard InChI is InChI=1S/C22H17Cl2N3O5/c1-12(13-6-7-15(23)16(24)8-13)26-18(28)10-31-19(29)9-27-11-25-20-14-4-2-3-5-17(14)32-21(20)22(27)30/h2-8,11-12H,9-10H2,1H3,(H,26,28).